The zero-order valence-corrected chi connectivity index (χ0v) is 16.9. The van der Waals surface area contributed by atoms with Crippen molar-refractivity contribution in [2.75, 3.05) is 41.3 Å². The van der Waals surface area contributed by atoms with Gasteiger partial charge in [0.15, 0.2) is 23.0 Å². The predicted octanol–water partition coefficient (Wildman–Crippen LogP) is 2.42. The van der Waals surface area contributed by atoms with E-state index in [4.69, 9.17) is 23.7 Å². The average molecular weight is 402 g/mol. The monoisotopic (exact) mass is 402 g/mol. The van der Waals surface area contributed by atoms with Crippen LogP contribution in [0.25, 0.3) is 11.1 Å². The molecule has 0 saturated heterocycles. The average Bonchev–Trinajstić information content (AvgIpc) is 3.20. The van der Waals surface area contributed by atoms with E-state index in [0.717, 1.165) is 22.3 Å². The first-order valence-corrected chi connectivity index (χ1v) is 9.61. The highest BCUT2D eigenvalue weighted by Crippen LogP contribution is 2.51. The molecule has 1 heterocycles. The molecule has 4 rings (SSSR count). The summed E-state index contributed by atoms with van der Waals surface area (Å²) in [4.78, 5) is 0. The van der Waals surface area contributed by atoms with Gasteiger partial charge in [-0.05, 0) is 59.6 Å². The van der Waals surface area contributed by atoms with Crippen LogP contribution in [0, 0.1) is 11.8 Å². The maximum atomic E-state index is 10.0. The second kappa shape index (κ2) is 8.00. The van der Waals surface area contributed by atoms with Gasteiger partial charge >= 0.3 is 0 Å². The highest BCUT2D eigenvalue weighted by Gasteiger charge is 2.32. The number of methoxy groups -OCH3 is 3. The van der Waals surface area contributed by atoms with E-state index in [9.17, 15) is 10.2 Å². The first-order chi connectivity index (χ1) is 14.1. The molecule has 1 aliphatic heterocycles. The minimum Gasteiger partial charge on any atom is -0.493 e. The van der Waals surface area contributed by atoms with E-state index in [-0.39, 0.29) is 31.8 Å². The molecule has 0 unspecified atom stereocenters. The normalized spacial score (nSPS) is 19.6. The number of aliphatic hydroxyl groups is 2. The summed E-state index contributed by atoms with van der Waals surface area (Å²) in [6.07, 6.45) is 1.17. The lowest BCUT2D eigenvalue weighted by Crippen LogP contribution is -2.28. The Hall–Kier alpha value is -2.64. The molecule has 0 aromatic heterocycles. The van der Waals surface area contributed by atoms with Crippen LogP contribution in [-0.4, -0.2) is 51.5 Å². The molecule has 0 bridgehead atoms. The summed E-state index contributed by atoms with van der Waals surface area (Å²) in [5.41, 5.74) is 3.78. The van der Waals surface area contributed by atoms with Crippen molar-refractivity contribution in [3.05, 3.63) is 29.3 Å². The van der Waals surface area contributed by atoms with Crippen LogP contribution in [0.3, 0.4) is 0 Å². The molecule has 0 saturated carbocycles. The lowest BCUT2D eigenvalue weighted by molar-refractivity contribution is 0.119. The SMILES string of the molecule is COc1cc2c(c(OC)c1OC)-c1cc3c(cc1C[C@H](CO)[C@@H](CO)C2)OCO3. The van der Waals surface area contributed by atoms with E-state index in [1.54, 1.807) is 21.3 Å². The summed E-state index contributed by atoms with van der Waals surface area (Å²) in [5, 5.41) is 20.1. The summed E-state index contributed by atoms with van der Waals surface area (Å²) in [6.45, 7) is 0.136. The van der Waals surface area contributed by atoms with Crippen molar-refractivity contribution >= 4 is 0 Å². The van der Waals surface area contributed by atoms with Crippen LogP contribution in [0.4, 0.5) is 0 Å². The minimum absolute atomic E-state index is 0.0150. The molecule has 2 aliphatic rings. The highest BCUT2D eigenvalue weighted by molar-refractivity contribution is 5.83. The second-order valence-electron chi connectivity index (χ2n) is 7.34. The fourth-order valence-corrected chi connectivity index (χ4v) is 4.37. The molecule has 2 aromatic rings. The first kappa shape index (κ1) is 19.7. The van der Waals surface area contributed by atoms with Gasteiger partial charge in [0, 0.05) is 18.8 Å². The van der Waals surface area contributed by atoms with Crippen molar-refractivity contribution in [3.63, 3.8) is 0 Å². The molecule has 7 nitrogen and oxygen atoms in total. The van der Waals surface area contributed by atoms with Crippen molar-refractivity contribution in [1.29, 1.82) is 0 Å². The molecule has 29 heavy (non-hydrogen) atoms. The van der Waals surface area contributed by atoms with Crippen LogP contribution >= 0.6 is 0 Å². The molecule has 0 spiro atoms. The lowest BCUT2D eigenvalue weighted by atomic mass is 9.77. The van der Waals surface area contributed by atoms with Gasteiger partial charge in [-0.3, -0.25) is 0 Å². The highest BCUT2D eigenvalue weighted by atomic mass is 16.7. The van der Waals surface area contributed by atoms with E-state index in [1.807, 2.05) is 18.2 Å². The largest absolute Gasteiger partial charge is 0.493 e. The second-order valence-corrected chi connectivity index (χ2v) is 7.34. The van der Waals surface area contributed by atoms with Crippen LogP contribution in [0.5, 0.6) is 28.7 Å². The molecular formula is C22H26O7. The van der Waals surface area contributed by atoms with E-state index in [1.165, 1.54) is 0 Å². The Labute approximate surface area is 169 Å². The maximum absolute atomic E-state index is 10.0. The fraction of sp³-hybridized carbons (Fsp3) is 0.455. The van der Waals surface area contributed by atoms with Crippen molar-refractivity contribution in [2.45, 2.75) is 12.8 Å². The lowest BCUT2D eigenvalue weighted by Gasteiger charge is -2.31. The molecular weight excluding hydrogens is 376 g/mol. The van der Waals surface area contributed by atoms with Gasteiger partial charge in [0.1, 0.15) is 0 Å². The number of rotatable bonds is 5. The molecule has 0 radical (unpaired) electrons. The van der Waals surface area contributed by atoms with E-state index in [2.05, 4.69) is 0 Å². The smallest absolute Gasteiger partial charge is 0.231 e. The van der Waals surface area contributed by atoms with Gasteiger partial charge in [-0.25, -0.2) is 0 Å². The summed E-state index contributed by atoms with van der Waals surface area (Å²) < 4.78 is 28.1. The zero-order valence-electron chi connectivity index (χ0n) is 16.9. The summed E-state index contributed by atoms with van der Waals surface area (Å²) in [6, 6.07) is 5.84. The van der Waals surface area contributed by atoms with Crippen LogP contribution in [0.15, 0.2) is 18.2 Å². The van der Waals surface area contributed by atoms with Gasteiger partial charge in [-0.2, -0.15) is 0 Å². The van der Waals surface area contributed by atoms with Crippen LogP contribution < -0.4 is 23.7 Å². The number of hydrogen-bond acceptors (Lipinski definition) is 7. The molecule has 0 amide bonds. The van der Waals surface area contributed by atoms with Crippen molar-refractivity contribution in [1.82, 2.24) is 0 Å². The Morgan fingerprint density at radius 3 is 2.03 bits per heavy atom. The number of ether oxygens (including phenoxy) is 5. The number of hydrogen-bond donors (Lipinski definition) is 2. The molecule has 0 fully saturated rings. The molecule has 2 atom stereocenters. The summed E-state index contributed by atoms with van der Waals surface area (Å²) in [5.74, 6) is 2.79. The minimum atomic E-state index is -0.111. The summed E-state index contributed by atoms with van der Waals surface area (Å²) >= 11 is 0. The molecule has 2 aromatic carbocycles. The Balaban J connectivity index is 2.03. The van der Waals surface area contributed by atoms with Crippen LogP contribution in [-0.2, 0) is 12.8 Å². The Morgan fingerprint density at radius 2 is 1.45 bits per heavy atom. The maximum Gasteiger partial charge on any atom is 0.231 e. The van der Waals surface area contributed by atoms with Crippen LogP contribution in [0.1, 0.15) is 11.1 Å². The Kier molecular flexibility index (Phi) is 5.43. The standard InChI is InChI=1S/C22H26O7/c1-25-19-7-13-5-15(10-24)14(9-23)4-12-6-17-18(29-11-28-17)8-16(12)20(13)22(27-3)21(19)26-2/h6-8,14-15,23-24H,4-5,9-11H2,1-3H3/t14-,15-/m1/s1. The predicted molar refractivity (Wildman–Crippen MR) is 106 cm³/mol. The van der Waals surface area contributed by atoms with Crippen molar-refractivity contribution in [2.24, 2.45) is 11.8 Å². The van der Waals surface area contributed by atoms with Crippen molar-refractivity contribution < 1.29 is 33.9 Å². The quantitative estimate of drug-likeness (QED) is 0.794. The molecule has 1 aliphatic carbocycles. The van der Waals surface area contributed by atoms with E-state index in [0.29, 0.717) is 41.6 Å². The van der Waals surface area contributed by atoms with Crippen LogP contribution in [0.2, 0.25) is 0 Å². The summed E-state index contributed by atoms with van der Waals surface area (Å²) in [7, 11) is 4.76. The van der Waals surface area contributed by atoms with Gasteiger partial charge in [0.25, 0.3) is 0 Å². The van der Waals surface area contributed by atoms with E-state index < -0.39 is 0 Å². The number of fused-ring (bicyclic) bond motifs is 4. The van der Waals surface area contributed by atoms with Crippen molar-refractivity contribution in [3.8, 4) is 39.9 Å². The third kappa shape index (κ3) is 3.24. The fourth-order valence-electron chi connectivity index (χ4n) is 4.37. The molecule has 156 valence electrons. The third-order valence-electron chi connectivity index (χ3n) is 5.88. The zero-order chi connectivity index (χ0) is 20.5. The number of benzene rings is 2. The Morgan fingerprint density at radius 1 is 0.828 bits per heavy atom. The first-order valence-electron chi connectivity index (χ1n) is 9.61. The van der Waals surface area contributed by atoms with Gasteiger partial charge in [0.05, 0.1) is 21.3 Å². The Bertz CT molecular complexity index is 909. The van der Waals surface area contributed by atoms with Gasteiger partial charge in [-0.15, -0.1) is 0 Å². The number of aliphatic hydroxyl groups excluding tert-OH is 2. The van der Waals surface area contributed by atoms with Gasteiger partial charge < -0.3 is 33.9 Å². The molecule has 2 N–H and O–H groups in total. The topological polar surface area (TPSA) is 86.6 Å². The molecule has 7 heteroatoms. The van der Waals surface area contributed by atoms with Gasteiger partial charge in [0.2, 0.25) is 12.5 Å². The third-order valence-corrected chi connectivity index (χ3v) is 5.88. The van der Waals surface area contributed by atoms with Gasteiger partial charge in [-0.1, -0.05) is 0 Å². The van der Waals surface area contributed by atoms with E-state index >= 15 is 0 Å².